The van der Waals surface area contributed by atoms with Gasteiger partial charge in [-0.15, -0.1) is 0 Å². The van der Waals surface area contributed by atoms with E-state index in [0.717, 1.165) is 12.3 Å². The average molecular weight is 326 g/mol. The Morgan fingerprint density at radius 3 is 2.43 bits per heavy atom. The van der Waals surface area contributed by atoms with Crippen LogP contribution >= 0.6 is 0 Å². The summed E-state index contributed by atoms with van der Waals surface area (Å²) in [6.07, 6.45) is -3.23. The number of aliphatic hydroxyl groups is 1. The maximum atomic E-state index is 13.6. The van der Waals surface area contributed by atoms with E-state index in [4.69, 9.17) is 0 Å². The molecule has 1 N–H and O–H groups in total. The summed E-state index contributed by atoms with van der Waals surface area (Å²) in [6, 6.07) is 2.04. The molecule has 0 spiro atoms. The van der Waals surface area contributed by atoms with Gasteiger partial charge < -0.3 is 5.11 Å². The minimum Gasteiger partial charge on any atom is -0.384 e. The lowest BCUT2D eigenvalue weighted by Crippen LogP contribution is -2.39. The second-order valence-corrected chi connectivity index (χ2v) is 7.56. The van der Waals surface area contributed by atoms with Gasteiger partial charge in [0.15, 0.2) is 9.84 Å². The van der Waals surface area contributed by atoms with Gasteiger partial charge in [0.25, 0.3) is 0 Å². The highest BCUT2D eigenvalue weighted by atomic mass is 32.2. The quantitative estimate of drug-likeness (QED) is 0.850. The van der Waals surface area contributed by atoms with Gasteiger partial charge in [0.2, 0.25) is 0 Å². The average Bonchev–Trinajstić information content (AvgIpc) is 2.70. The molecule has 118 valence electrons. The first-order valence-corrected chi connectivity index (χ1v) is 8.20. The minimum atomic E-state index is -4.84. The van der Waals surface area contributed by atoms with Gasteiger partial charge in [0, 0.05) is 6.26 Å². The van der Waals surface area contributed by atoms with Gasteiger partial charge >= 0.3 is 6.18 Å². The van der Waals surface area contributed by atoms with Gasteiger partial charge in [0.1, 0.15) is 11.4 Å². The van der Waals surface area contributed by atoms with Crippen LogP contribution in [0.2, 0.25) is 0 Å². The first-order valence-electron chi connectivity index (χ1n) is 6.25. The zero-order valence-corrected chi connectivity index (χ0v) is 11.9. The molecule has 1 aliphatic rings. The molecule has 1 aromatic rings. The van der Waals surface area contributed by atoms with Crippen molar-refractivity contribution in [1.82, 2.24) is 0 Å². The van der Waals surface area contributed by atoms with Crippen molar-refractivity contribution < 1.29 is 31.1 Å². The molecule has 1 aromatic carbocycles. The van der Waals surface area contributed by atoms with Crippen molar-refractivity contribution in [3.63, 3.8) is 0 Å². The Labute approximate surface area is 119 Å². The predicted molar refractivity (Wildman–Crippen MR) is 67.8 cm³/mol. The lowest BCUT2D eigenvalue weighted by Gasteiger charge is -2.29. The topological polar surface area (TPSA) is 54.4 Å². The number of benzene rings is 1. The van der Waals surface area contributed by atoms with E-state index in [1.807, 2.05) is 0 Å². The van der Waals surface area contributed by atoms with Gasteiger partial charge in [-0.2, -0.15) is 13.2 Å². The Hall–Kier alpha value is -1.15. The van der Waals surface area contributed by atoms with Crippen molar-refractivity contribution in [2.45, 2.75) is 36.3 Å². The van der Waals surface area contributed by atoms with Crippen molar-refractivity contribution >= 4 is 9.84 Å². The van der Waals surface area contributed by atoms with E-state index in [1.165, 1.54) is 0 Å². The summed E-state index contributed by atoms with van der Waals surface area (Å²) in [5, 5.41) is 9.41. The van der Waals surface area contributed by atoms with Gasteiger partial charge in [0.05, 0.1) is 10.8 Å². The Bertz CT molecular complexity index is 654. The van der Waals surface area contributed by atoms with Gasteiger partial charge in [-0.05, 0) is 37.0 Å². The summed E-state index contributed by atoms with van der Waals surface area (Å²) in [4.78, 5) is 0. The van der Waals surface area contributed by atoms with Crippen molar-refractivity contribution in [3.8, 4) is 0 Å². The van der Waals surface area contributed by atoms with E-state index in [1.54, 1.807) is 0 Å². The molecule has 0 amide bonds. The number of hydrogen-bond acceptors (Lipinski definition) is 3. The van der Waals surface area contributed by atoms with E-state index >= 15 is 0 Å². The number of hydrogen-bond donors (Lipinski definition) is 1. The van der Waals surface area contributed by atoms with Gasteiger partial charge in [-0.1, -0.05) is 6.07 Å². The summed E-state index contributed by atoms with van der Waals surface area (Å²) in [5.41, 5.74) is -3.43. The van der Waals surface area contributed by atoms with Gasteiger partial charge in [-0.25, -0.2) is 12.8 Å². The molecule has 3 nitrogen and oxygen atoms in total. The van der Waals surface area contributed by atoms with Crippen molar-refractivity contribution in [2.75, 3.05) is 6.26 Å². The fourth-order valence-corrected chi connectivity index (χ4v) is 4.43. The molecule has 1 aliphatic carbocycles. The second-order valence-electron chi connectivity index (χ2n) is 5.33. The van der Waals surface area contributed by atoms with E-state index in [-0.39, 0.29) is 18.4 Å². The molecule has 0 aliphatic heterocycles. The van der Waals surface area contributed by atoms with Gasteiger partial charge in [-0.3, -0.25) is 0 Å². The molecule has 2 rings (SSSR count). The number of sulfone groups is 1. The highest BCUT2D eigenvalue weighted by Crippen LogP contribution is 2.43. The van der Waals surface area contributed by atoms with Crippen LogP contribution in [0.25, 0.3) is 0 Å². The Morgan fingerprint density at radius 2 is 1.95 bits per heavy atom. The first kappa shape index (κ1) is 16.2. The summed E-state index contributed by atoms with van der Waals surface area (Å²) < 4.78 is 74.6. The van der Waals surface area contributed by atoms with Crippen molar-refractivity contribution in [2.24, 2.45) is 0 Å². The van der Waals surface area contributed by atoms with Crippen molar-refractivity contribution in [3.05, 3.63) is 35.1 Å². The Kier molecular flexibility index (Phi) is 3.82. The lowest BCUT2D eigenvalue weighted by atomic mass is 9.91. The summed E-state index contributed by atoms with van der Waals surface area (Å²) in [5.74, 6) is -1.52. The lowest BCUT2D eigenvalue weighted by molar-refractivity contribution is -0.140. The molecule has 0 aromatic heterocycles. The monoisotopic (exact) mass is 326 g/mol. The van der Waals surface area contributed by atoms with Crippen LogP contribution in [0.1, 0.15) is 30.4 Å². The fourth-order valence-electron chi connectivity index (χ4n) is 2.87. The third-order valence-corrected chi connectivity index (χ3v) is 5.51. The molecule has 1 saturated carbocycles. The van der Waals surface area contributed by atoms with Crippen LogP contribution in [0.5, 0.6) is 0 Å². The fraction of sp³-hybridized carbons (Fsp3) is 0.538. The molecule has 0 saturated heterocycles. The smallest absolute Gasteiger partial charge is 0.384 e. The third-order valence-electron chi connectivity index (χ3n) is 3.85. The maximum absolute atomic E-state index is 13.6. The van der Waals surface area contributed by atoms with Crippen LogP contribution in [-0.2, 0) is 21.6 Å². The highest BCUT2D eigenvalue weighted by molar-refractivity contribution is 7.91. The SMILES string of the molecule is CS(=O)(=O)C1CCCC1(O)c1ccc(C(F)(F)F)c(F)c1. The molecular formula is C13H14F4O3S. The zero-order valence-electron chi connectivity index (χ0n) is 11.1. The molecular weight excluding hydrogens is 312 g/mol. The Balaban J connectivity index is 2.49. The molecule has 0 heterocycles. The van der Waals surface area contributed by atoms with Crippen LogP contribution in [-0.4, -0.2) is 25.0 Å². The largest absolute Gasteiger partial charge is 0.419 e. The van der Waals surface area contributed by atoms with E-state index < -0.39 is 38.2 Å². The van der Waals surface area contributed by atoms with Crippen LogP contribution in [0.3, 0.4) is 0 Å². The van der Waals surface area contributed by atoms with E-state index in [0.29, 0.717) is 18.6 Å². The number of halogens is 4. The van der Waals surface area contributed by atoms with Crippen molar-refractivity contribution in [1.29, 1.82) is 0 Å². The predicted octanol–water partition coefficient (Wildman–Crippen LogP) is 2.63. The van der Waals surface area contributed by atoms with E-state index in [2.05, 4.69) is 0 Å². The Morgan fingerprint density at radius 1 is 1.33 bits per heavy atom. The van der Waals surface area contributed by atoms with Crippen LogP contribution in [0.4, 0.5) is 17.6 Å². The third kappa shape index (κ3) is 2.91. The maximum Gasteiger partial charge on any atom is 0.419 e. The number of alkyl halides is 3. The standard InChI is InChI=1S/C13H14F4O3S/c1-21(19,20)11-3-2-6-12(11,18)8-4-5-9(10(14)7-8)13(15,16)17/h4-5,7,11,18H,2-3,6H2,1H3. The summed E-state index contributed by atoms with van der Waals surface area (Å²) in [6.45, 7) is 0. The minimum absolute atomic E-state index is 0.0650. The highest BCUT2D eigenvalue weighted by Gasteiger charge is 2.48. The molecule has 8 heteroatoms. The molecule has 1 fully saturated rings. The summed E-state index contributed by atoms with van der Waals surface area (Å²) in [7, 11) is -3.60. The first-order chi connectivity index (χ1) is 9.46. The van der Waals surface area contributed by atoms with Crippen LogP contribution < -0.4 is 0 Å². The summed E-state index contributed by atoms with van der Waals surface area (Å²) >= 11 is 0. The molecule has 0 radical (unpaired) electrons. The second kappa shape index (κ2) is 4.95. The van der Waals surface area contributed by atoms with E-state index in [9.17, 15) is 31.1 Å². The normalized spacial score (nSPS) is 27.0. The van der Waals surface area contributed by atoms with Crippen LogP contribution in [0, 0.1) is 5.82 Å². The zero-order chi connectivity index (χ0) is 16.1. The molecule has 2 atom stereocenters. The molecule has 0 bridgehead atoms. The number of rotatable bonds is 2. The molecule has 2 unspecified atom stereocenters. The van der Waals surface area contributed by atoms with Crippen LogP contribution in [0.15, 0.2) is 18.2 Å². The molecule has 21 heavy (non-hydrogen) atoms.